The monoisotopic (exact) mass is 264 g/mol. The summed E-state index contributed by atoms with van der Waals surface area (Å²) in [6, 6.07) is 1.98. The molecule has 19 heavy (non-hydrogen) atoms. The highest BCUT2D eigenvalue weighted by Gasteiger charge is 2.40. The summed E-state index contributed by atoms with van der Waals surface area (Å²) in [5, 5.41) is 7.42. The molecule has 1 aromatic heterocycles. The minimum absolute atomic E-state index is 0.231. The van der Waals surface area contributed by atoms with E-state index in [2.05, 4.69) is 10.5 Å². The molecule has 106 valence electrons. The number of nitrogens with zero attached hydrogens (tertiary/aromatic N) is 1. The van der Waals surface area contributed by atoms with E-state index in [0.717, 1.165) is 24.5 Å². The normalized spacial score (nSPS) is 26.1. The number of hydrogen-bond donors (Lipinski definition) is 1. The van der Waals surface area contributed by atoms with Crippen LogP contribution in [0.15, 0.2) is 10.6 Å². The number of hydrogen-bond acceptors (Lipinski definition) is 4. The van der Waals surface area contributed by atoms with Gasteiger partial charge in [-0.25, -0.2) is 0 Å². The lowest BCUT2D eigenvalue weighted by atomic mass is 9.83. The maximum absolute atomic E-state index is 6.33. The van der Waals surface area contributed by atoms with Crippen molar-refractivity contribution in [1.82, 2.24) is 10.5 Å². The molecule has 3 rings (SSSR count). The Kier molecular flexibility index (Phi) is 3.89. The van der Waals surface area contributed by atoms with E-state index >= 15 is 0 Å². The van der Waals surface area contributed by atoms with Crippen LogP contribution < -0.4 is 5.32 Å². The number of aromatic nitrogens is 1. The van der Waals surface area contributed by atoms with E-state index in [-0.39, 0.29) is 5.60 Å². The summed E-state index contributed by atoms with van der Waals surface area (Å²) in [5.74, 6) is 0.870. The lowest BCUT2D eigenvalue weighted by Crippen LogP contribution is -2.34. The summed E-state index contributed by atoms with van der Waals surface area (Å²) < 4.78 is 11.4. The average Bonchev–Trinajstić information content (AvgIpc) is 2.99. The molecule has 0 amide bonds. The molecule has 1 aliphatic heterocycles. The second-order valence-corrected chi connectivity index (χ2v) is 6.08. The molecule has 1 N–H and O–H groups in total. The van der Waals surface area contributed by atoms with E-state index in [0.29, 0.717) is 6.10 Å². The molecule has 1 spiro atoms. The Morgan fingerprint density at radius 1 is 1.32 bits per heavy atom. The van der Waals surface area contributed by atoms with Crippen LogP contribution in [0.5, 0.6) is 0 Å². The number of aryl methyl sites for hydroxylation is 1. The van der Waals surface area contributed by atoms with Gasteiger partial charge in [-0.1, -0.05) is 24.4 Å². The summed E-state index contributed by atoms with van der Waals surface area (Å²) in [7, 11) is 0. The molecule has 1 aromatic rings. The van der Waals surface area contributed by atoms with E-state index in [4.69, 9.17) is 9.26 Å². The van der Waals surface area contributed by atoms with Gasteiger partial charge in [0.05, 0.1) is 17.4 Å². The summed E-state index contributed by atoms with van der Waals surface area (Å²) in [4.78, 5) is 0. The van der Waals surface area contributed by atoms with Gasteiger partial charge in [0, 0.05) is 19.2 Å². The van der Waals surface area contributed by atoms with Gasteiger partial charge in [-0.15, -0.1) is 0 Å². The van der Waals surface area contributed by atoms with Gasteiger partial charge in [0.15, 0.2) is 0 Å². The van der Waals surface area contributed by atoms with Crippen LogP contribution in [-0.2, 0) is 11.3 Å². The highest BCUT2D eigenvalue weighted by atomic mass is 16.5. The molecule has 4 nitrogen and oxygen atoms in total. The molecule has 1 unspecified atom stereocenters. The fourth-order valence-electron chi connectivity index (χ4n) is 3.47. The van der Waals surface area contributed by atoms with Gasteiger partial charge in [-0.2, -0.15) is 0 Å². The Balaban J connectivity index is 1.42. The van der Waals surface area contributed by atoms with Crippen molar-refractivity contribution in [2.75, 3.05) is 6.54 Å². The van der Waals surface area contributed by atoms with Gasteiger partial charge in [0.1, 0.15) is 5.76 Å². The molecule has 1 saturated carbocycles. The van der Waals surface area contributed by atoms with Gasteiger partial charge in [0.2, 0.25) is 0 Å². The molecular formula is C15H24N2O2. The Morgan fingerprint density at radius 2 is 2.16 bits per heavy atom. The maximum Gasteiger partial charge on any atom is 0.133 e. The molecule has 1 saturated heterocycles. The van der Waals surface area contributed by atoms with Crippen molar-refractivity contribution >= 4 is 0 Å². The minimum Gasteiger partial charge on any atom is -0.370 e. The van der Waals surface area contributed by atoms with Crippen LogP contribution in [0.25, 0.3) is 0 Å². The molecule has 2 fully saturated rings. The fraction of sp³-hybridized carbons (Fsp3) is 0.800. The summed E-state index contributed by atoms with van der Waals surface area (Å²) >= 11 is 0. The Labute approximate surface area is 114 Å². The van der Waals surface area contributed by atoms with Crippen molar-refractivity contribution in [3.63, 3.8) is 0 Å². The Hall–Kier alpha value is -0.870. The third-order valence-corrected chi connectivity index (χ3v) is 4.46. The van der Waals surface area contributed by atoms with Crippen molar-refractivity contribution in [1.29, 1.82) is 0 Å². The second kappa shape index (κ2) is 5.63. The molecule has 0 bridgehead atoms. The van der Waals surface area contributed by atoms with Crippen LogP contribution in [0.1, 0.15) is 56.4 Å². The number of nitrogens with one attached hydrogen (secondary N) is 1. The molecule has 1 atom stereocenters. The van der Waals surface area contributed by atoms with Crippen LogP contribution in [0.3, 0.4) is 0 Å². The first kappa shape index (κ1) is 13.1. The van der Waals surface area contributed by atoms with Gasteiger partial charge >= 0.3 is 0 Å². The topological polar surface area (TPSA) is 47.3 Å². The average molecular weight is 264 g/mol. The first-order chi connectivity index (χ1) is 9.26. The van der Waals surface area contributed by atoms with Crippen molar-refractivity contribution < 1.29 is 9.26 Å². The van der Waals surface area contributed by atoms with Gasteiger partial charge in [0.25, 0.3) is 0 Å². The highest BCUT2D eigenvalue weighted by molar-refractivity contribution is 5.03. The summed E-state index contributed by atoms with van der Waals surface area (Å²) in [6.07, 6.45) is 9.45. The third-order valence-electron chi connectivity index (χ3n) is 4.46. The van der Waals surface area contributed by atoms with Crippen LogP contribution in [0.2, 0.25) is 0 Å². The van der Waals surface area contributed by atoms with Crippen molar-refractivity contribution in [3.8, 4) is 0 Å². The third kappa shape index (κ3) is 3.18. The van der Waals surface area contributed by atoms with Gasteiger partial charge in [-0.05, 0) is 32.6 Å². The van der Waals surface area contributed by atoms with E-state index in [9.17, 15) is 0 Å². The van der Waals surface area contributed by atoms with Crippen LogP contribution in [-0.4, -0.2) is 23.4 Å². The quantitative estimate of drug-likeness (QED) is 0.908. The SMILES string of the molecule is Cc1cc(CNCC2CCC3(CCCCC3)O2)no1. The van der Waals surface area contributed by atoms with E-state index < -0.39 is 0 Å². The summed E-state index contributed by atoms with van der Waals surface area (Å²) in [6.45, 7) is 3.61. The first-order valence-corrected chi connectivity index (χ1v) is 7.57. The zero-order chi connectivity index (χ0) is 13.1. The molecule has 4 heteroatoms. The lowest BCUT2D eigenvalue weighted by molar-refractivity contribution is -0.0624. The van der Waals surface area contributed by atoms with Crippen molar-refractivity contribution in [2.24, 2.45) is 0 Å². The molecule has 2 aliphatic rings. The number of ether oxygens (including phenoxy) is 1. The van der Waals surface area contributed by atoms with E-state index in [1.807, 2.05) is 13.0 Å². The molecular weight excluding hydrogens is 240 g/mol. The maximum atomic E-state index is 6.33. The minimum atomic E-state index is 0.231. The highest BCUT2D eigenvalue weighted by Crippen LogP contribution is 2.41. The summed E-state index contributed by atoms with van der Waals surface area (Å²) in [5.41, 5.74) is 1.21. The lowest BCUT2D eigenvalue weighted by Gasteiger charge is -2.33. The van der Waals surface area contributed by atoms with Gasteiger partial charge < -0.3 is 14.6 Å². The van der Waals surface area contributed by atoms with Crippen LogP contribution in [0.4, 0.5) is 0 Å². The molecule has 0 radical (unpaired) electrons. The Bertz CT molecular complexity index is 410. The van der Waals surface area contributed by atoms with Crippen LogP contribution in [0, 0.1) is 6.92 Å². The second-order valence-electron chi connectivity index (χ2n) is 6.08. The smallest absolute Gasteiger partial charge is 0.133 e. The van der Waals surface area contributed by atoms with Gasteiger partial charge in [-0.3, -0.25) is 0 Å². The fourth-order valence-corrected chi connectivity index (χ4v) is 3.47. The van der Waals surface area contributed by atoms with E-state index in [1.165, 1.54) is 44.9 Å². The van der Waals surface area contributed by atoms with Crippen LogP contribution >= 0.6 is 0 Å². The molecule has 0 aromatic carbocycles. The Morgan fingerprint density at radius 3 is 2.89 bits per heavy atom. The van der Waals surface area contributed by atoms with E-state index in [1.54, 1.807) is 0 Å². The molecule has 1 aliphatic carbocycles. The van der Waals surface area contributed by atoms with Crippen molar-refractivity contribution in [2.45, 2.75) is 70.1 Å². The zero-order valence-electron chi connectivity index (χ0n) is 11.8. The standard InChI is InChI=1S/C15H24N2O2/c1-12-9-13(17-19-12)10-16-11-14-5-8-15(18-14)6-3-2-4-7-15/h9,14,16H,2-8,10-11H2,1H3. The zero-order valence-corrected chi connectivity index (χ0v) is 11.8. The molecule has 2 heterocycles. The largest absolute Gasteiger partial charge is 0.370 e. The predicted molar refractivity (Wildman–Crippen MR) is 72.9 cm³/mol. The number of rotatable bonds is 4. The first-order valence-electron chi connectivity index (χ1n) is 7.57. The van der Waals surface area contributed by atoms with Crippen molar-refractivity contribution in [3.05, 3.63) is 17.5 Å². The predicted octanol–water partition coefficient (Wildman–Crippen LogP) is 2.95.